The third kappa shape index (κ3) is 11.1. The van der Waals surface area contributed by atoms with Gasteiger partial charge < -0.3 is 38.3 Å². The Hall–Kier alpha value is -5.94. The molecular weight excluding hydrogens is 986 g/mol. The largest absolute Gasteiger partial charge is 0.481 e. The molecule has 16 nitrogen and oxygen atoms in total. The molecule has 0 saturated heterocycles. The van der Waals surface area contributed by atoms with E-state index < -0.39 is 11.9 Å². The molecule has 6 heterocycles. The number of carboxylic acids is 1. The normalized spacial score (nSPS) is 18.9. The van der Waals surface area contributed by atoms with Crippen molar-refractivity contribution in [3.8, 4) is 0 Å². The van der Waals surface area contributed by atoms with E-state index in [4.69, 9.17) is 57.1 Å². The highest BCUT2D eigenvalue weighted by molar-refractivity contribution is 6.31. The Morgan fingerprint density at radius 1 is 0.563 bits per heavy atom. The molecular formula is C51H60Cl4N12O4. The molecule has 376 valence electrons. The summed E-state index contributed by atoms with van der Waals surface area (Å²) in [6, 6.07) is 16.5. The molecule has 6 aromatic rings. The molecule has 11 N–H and O–H groups in total. The zero-order valence-corrected chi connectivity index (χ0v) is 42.4. The number of aliphatic carboxylic acids is 1. The summed E-state index contributed by atoms with van der Waals surface area (Å²) in [5, 5.41) is 36.5. The molecule has 3 aliphatic heterocycles. The average molecular weight is 1050 g/mol. The van der Waals surface area contributed by atoms with Crippen molar-refractivity contribution < 1.29 is 19.5 Å². The van der Waals surface area contributed by atoms with Crippen molar-refractivity contribution >= 4 is 99.5 Å². The summed E-state index contributed by atoms with van der Waals surface area (Å²) in [6.07, 6.45) is 15.0. The number of nitrogens with zero attached hydrogens (tertiary/aromatic N) is 5. The van der Waals surface area contributed by atoms with Crippen LogP contribution in [0.5, 0.6) is 0 Å². The van der Waals surface area contributed by atoms with Gasteiger partial charge in [0.1, 0.15) is 17.5 Å². The van der Waals surface area contributed by atoms with E-state index in [1.807, 2.05) is 36.4 Å². The standard InChI is InChI=1S/2C17H19ClN4O.C10H10ClNO2.C7H11N3.ClH/c18-10-5-6-11-12(7-8-20-14(11)9-10)17(23)22-15-4-2-1-3-13(15)16(19)21-22;18-10-5-6-11-12(7-8-20-15(11)9-10)17(23)22-16(19)13-3-1-2-4-14(13)21-22;11-6-1-2-7-8(10(13)14)3-4-12-9(7)5-6;8-7-5-3-1-2-4-6(5)9-10-7;/h5-6,9,12,20H,1-4,7-8H2,(H2,19,21);5-6,9,12,20H,1-4,7-8,19H2;1-2,5,8,12H,3-4H2,(H,13,14);1-4H2,(H3,8,9,10);1H. The number of hydrogen-bond donors (Lipinski definition) is 8. The lowest BCUT2D eigenvalue weighted by atomic mass is 9.90. The molecule has 0 spiro atoms. The maximum absolute atomic E-state index is 13.1. The summed E-state index contributed by atoms with van der Waals surface area (Å²) in [7, 11) is 0. The Kier molecular flexibility index (Phi) is 16.4. The van der Waals surface area contributed by atoms with Gasteiger partial charge in [-0.25, -0.2) is 4.68 Å². The first-order chi connectivity index (χ1) is 33.9. The van der Waals surface area contributed by atoms with Gasteiger partial charge in [0, 0.05) is 74.1 Å². The number of hydrogen-bond acceptors (Lipinski definition) is 12. The Morgan fingerprint density at radius 2 is 1.03 bits per heavy atom. The van der Waals surface area contributed by atoms with Crippen LogP contribution in [0.4, 0.5) is 34.5 Å². The zero-order valence-electron chi connectivity index (χ0n) is 39.3. The van der Waals surface area contributed by atoms with Crippen LogP contribution in [0.3, 0.4) is 0 Å². The maximum Gasteiger partial charge on any atom is 0.311 e. The second kappa shape index (κ2) is 22.6. The fraction of sp³-hybridized carbons (Fsp3) is 0.412. The number of nitrogens with one attached hydrogen (secondary N) is 4. The van der Waals surface area contributed by atoms with Gasteiger partial charge in [0.25, 0.3) is 11.8 Å². The smallest absolute Gasteiger partial charge is 0.311 e. The number of carboxylic acid groups (broad SMARTS) is 1. The van der Waals surface area contributed by atoms with Gasteiger partial charge in [0.2, 0.25) is 0 Å². The molecule has 3 unspecified atom stereocenters. The summed E-state index contributed by atoms with van der Waals surface area (Å²) in [4.78, 5) is 37.1. The van der Waals surface area contributed by atoms with E-state index in [-0.39, 0.29) is 36.1 Å². The van der Waals surface area contributed by atoms with Crippen molar-refractivity contribution in [1.82, 2.24) is 29.8 Å². The van der Waals surface area contributed by atoms with Gasteiger partial charge >= 0.3 is 5.97 Å². The Morgan fingerprint density at radius 3 is 1.56 bits per heavy atom. The highest BCUT2D eigenvalue weighted by atomic mass is 35.5. The molecule has 0 radical (unpaired) electrons. The van der Waals surface area contributed by atoms with Gasteiger partial charge in [-0.2, -0.15) is 14.9 Å². The van der Waals surface area contributed by atoms with Crippen LogP contribution in [0.2, 0.25) is 15.1 Å². The number of H-pyrrole nitrogens is 1. The van der Waals surface area contributed by atoms with E-state index in [1.165, 1.54) is 28.8 Å². The van der Waals surface area contributed by atoms with E-state index in [0.29, 0.717) is 45.5 Å². The molecule has 3 aromatic heterocycles. The van der Waals surface area contributed by atoms with Crippen molar-refractivity contribution in [2.75, 3.05) is 52.8 Å². The minimum atomic E-state index is -0.768. The van der Waals surface area contributed by atoms with E-state index in [0.717, 1.165) is 146 Å². The van der Waals surface area contributed by atoms with Crippen LogP contribution in [0.25, 0.3) is 0 Å². The number of fused-ring (bicyclic) bond motifs is 6. The number of carbonyl (C=O) groups excluding carboxylic acids is 2. The van der Waals surface area contributed by atoms with Gasteiger partial charge in [-0.05, 0) is 149 Å². The monoisotopic (exact) mass is 1040 g/mol. The fourth-order valence-electron chi connectivity index (χ4n) is 10.6. The molecule has 6 aliphatic rings. The third-order valence-corrected chi connectivity index (χ3v) is 14.9. The van der Waals surface area contributed by atoms with Crippen LogP contribution in [-0.4, -0.2) is 72.3 Å². The predicted octanol–water partition coefficient (Wildman–Crippen LogP) is 10.1. The lowest BCUT2D eigenvalue weighted by Crippen LogP contribution is -2.29. The number of aryl methyl sites for hydroxylation is 2. The van der Waals surface area contributed by atoms with E-state index in [9.17, 15) is 14.4 Å². The van der Waals surface area contributed by atoms with Crippen molar-refractivity contribution in [1.29, 1.82) is 0 Å². The Labute approximate surface area is 433 Å². The van der Waals surface area contributed by atoms with E-state index in [1.54, 1.807) is 22.9 Å². The molecule has 0 saturated carbocycles. The number of benzene rings is 3. The molecule has 3 atom stereocenters. The molecule has 0 amide bonds. The van der Waals surface area contributed by atoms with Crippen LogP contribution in [-0.2, 0) is 43.3 Å². The van der Waals surface area contributed by atoms with Crippen LogP contribution >= 0.6 is 47.2 Å². The molecule has 71 heavy (non-hydrogen) atoms. The molecule has 0 fully saturated rings. The van der Waals surface area contributed by atoms with Gasteiger partial charge in [0.05, 0.1) is 29.1 Å². The minimum absolute atomic E-state index is 0. The van der Waals surface area contributed by atoms with E-state index >= 15 is 0 Å². The molecule has 20 heteroatoms. The minimum Gasteiger partial charge on any atom is -0.481 e. The first-order valence-corrected chi connectivity index (χ1v) is 25.4. The number of nitrogens with two attached hydrogens (primary N) is 3. The van der Waals surface area contributed by atoms with Gasteiger partial charge in [-0.1, -0.05) is 53.0 Å². The van der Waals surface area contributed by atoms with Crippen molar-refractivity contribution in [2.24, 2.45) is 0 Å². The molecule has 12 rings (SSSR count). The molecule has 3 aromatic carbocycles. The number of anilines is 6. The van der Waals surface area contributed by atoms with Crippen LogP contribution in [0.1, 0.15) is 136 Å². The number of rotatable bonds is 3. The summed E-state index contributed by atoms with van der Waals surface area (Å²) in [5.74, 6) is 0.123. The lowest BCUT2D eigenvalue weighted by Gasteiger charge is -2.26. The van der Waals surface area contributed by atoms with Crippen LogP contribution < -0.4 is 33.2 Å². The maximum atomic E-state index is 13.1. The van der Waals surface area contributed by atoms with Gasteiger partial charge in [-0.15, -0.1) is 17.5 Å². The number of halogens is 4. The summed E-state index contributed by atoms with van der Waals surface area (Å²) < 4.78 is 3.00. The molecule has 3 aliphatic carbocycles. The number of carbonyl (C=O) groups is 3. The van der Waals surface area contributed by atoms with Crippen molar-refractivity contribution in [2.45, 2.75) is 114 Å². The first kappa shape index (κ1) is 51.4. The van der Waals surface area contributed by atoms with Crippen molar-refractivity contribution in [3.63, 3.8) is 0 Å². The SMILES string of the molecule is Cl.Nc1c2c(nn1C(=O)C1CCNc3cc(Cl)ccc31)CCCC2.Nc1n[nH]c2c1CCCC2.Nc1nn(C(=O)C2CCNc3cc(Cl)ccc32)c2c1CCCC2.O=C(O)C1CCNc2cc(Cl)ccc21. The highest BCUT2D eigenvalue weighted by Crippen LogP contribution is 2.38. The average Bonchev–Trinajstić information content (AvgIpc) is 4.04. The number of aromatic amines is 1. The van der Waals surface area contributed by atoms with Gasteiger partial charge in [0.15, 0.2) is 0 Å². The predicted molar refractivity (Wildman–Crippen MR) is 284 cm³/mol. The summed E-state index contributed by atoms with van der Waals surface area (Å²) in [6.45, 7) is 2.18. The summed E-state index contributed by atoms with van der Waals surface area (Å²) >= 11 is 17.9. The third-order valence-electron chi connectivity index (χ3n) is 14.2. The Bertz CT molecular complexity index is 2930. The number of aromatic nitrogens is 6. The second-order valence-corrected chi connectivity index (χ2v) is 20.0. The van der Waals surface area contributed by atoms with Crippen molar-refractivity contribution in [3.05, 3.63) is 120 Å². The first-order valence-electron chi connectivity index (χ1n) is 24.3. The number of nitrogen functional groups attached to an aromatic ring is 3. The summed E-state index contributed by atoms with van der Waals surface area (Å²) in [5.41, 5.74) is 30.0. The van der Waals surface area contributed by atoms with Crippen LogP contribution in [0.15, 0.2) is 54.6 Å². The van der Waals surface area contributed by atoms with Crippen LogP contribution in [0, 0.1) is 0 Å². The second-order valence-electron chi connectivity index (χ2n) is 18.6. The van der Waals surface area contributed by atoms with E-state index in [2.05, 4.69) is 36.3 Å². The fourth-order valence-corrected chi connectivity index (χ4v) is 11.1. The topological polar surface area (TPSA) is 250 Å². The highest BCUT2D eigenvalue weighted by Gasteiger charge is 2.33. The van der Waals surface area contributed by atoms with Gasteiger partial charge in [-0.3, -0.25) is 19.5 Å². The molecule has 0 bridgehead atoms. The quantitative estimate of drug-likeness (QED) is 0.0823. The lowest BCUT2D eigenvalue weighted by molar-refractivity contribution is -0.138. The zero-order chi connectivity index (χ0) is 49.1. The Balaban J connectivity index is 0.000000132.